The summed E-state index contributed by atoms with van der Waals surface area (Å²) in [6, 6.07) is 0.966. The van der Waals surface area contributed by atoms with Gasteiger partial charge in [0.15, 0.2) is 0 Å². The molecule has 0 aromatic rings. The Labute approximate surface area is 63.4 Å². The van der Waals surface area contributed by atoms with Crippen molar-refractivity contribution in [2.75, 3.05) is 13.1 Å². The van der Waals surface area contributed by atoms with Gasteiger partial charge in [0, 0.05) is 6.04 Å². The molecule has 0 unspecified atom stereocenters. The average Bonchev–Trinajstić information content (AvgIpc) is 2.34. The van der Waals surface area contributed by atoms with E-state index in [1.165, 1.54) is 38.8 Å². The number of hydrogen-bond acceptors (Lipinski definition) is 1. The van der Waals surface area contributed by atoms with Gasteiger partial charge in [-0.25, -0.2) is 0 Å². The first-order chi connectivity index (χ1) is 4.88. The lowest BCUT2D eigenvalue weighted by Crippen LogP contribution is -2.36. The predicted octanol–water partition coefficient (Wildman–Crippen LogP) is 1.88. The minimum atomic E-state index is 0.966. The minimum absolute atomic E-state index is 0.966. The van der Waals surface area contributed by atoms with Crippen LogP contribution < -0.4 is 0 Å². The third-order valence-electron chi connectivity index (χ3n) is 3.19. The lowest BCUT2D eigenvalue weighted by atomic mass is 9.95. The summed E-state index contributed by atoms with van der Waals surface area (Å²) in [6.07, 6.45) is 5.85. The summed E-state index contributed by atoms with van der Waals surface area (Å²) < 4.78 is 0. The monoisotopic (exact) mass is 139 g/mol. The summed E-state index contributed by atoms with van der Waals surface area (Å²) in [5.41, 5.74) is 0. The molecule has 1 heteroatoms. The second kappa shape index (κ2) is 2.54. The highest BCUT2D eigenvalue weighted by molar-refractivity contribution is 4.86. The van der Waals surface area contributed by atoms with Gasteiger partial charge in [-0.1, -0.05) is 13.3 Å². The van der Waals surface area contributed by atoms with Gasteiger partial charge in [-0.05, 0) is 38.3 Å². The summed E-state index contributed by atoms with van der Waals surface area (Å²) in [6.45, 7) is 5.18. The Morgan fingerprint density at radius 1 is 1.10 bits per heavy atom. The van der Waals surface area contributed by atoms with E-state index in [1.807, 2.05) is 0 Å². The van der Waals surface area contributed by atoms with Crippen LogP contribution in [0, 0.1) is 5.92 Å². The van der Waals surface area contributed by atoms with Crippen LogP contribution in [-0.4, -0.2) is 24.0 Å². The first-order valence-electron chi connectivity index (χ1n) is 4.62. The minimum Gasteiger partial charge on any atom is -0.300 e. The maximum Gasteiger partial charge on any atom is 0.0121 e. The zero-order valence-corrected chi connectivity index (χ0v) is 6.84. The molecule has 58 valence electrons. The standard InChI is InChI=1S/C9H17N/c1-8-5-7-10-6-3-2-4-9(8)10/h8-9H,2-7H2,1H3/t8-,9-/m1/s1. The highest BCUT2D eigenvalue weighted by atomic mass is 15.2. The van der Waals surface area contributed by atoms with Gasteiger partial charge < -0.3 is 4.90 Å². The fourth-order valence-corrected chi connectivity index (χ4v) is 2.50. The summed E-state index contributed by atoms with van der Waals surface area (Å²) >= 11 is 0. The Bertz CT molecular complexity index is 120. The molecule has 0 radical (unpaired) electrons. The van der Waals surface area contributed by atoms with Gasteiger partial charge in [-0.15, -0.1) is 0 Å². The molecule has 0 bridgehead atoms. The second-order valence-corrected chi connectivity index (χ2v) is 3.87. The van der Waals surface area contributed by atoms with E-state index < -0.39 is 0 Å². The molecular formula is C9H17N. The lowest BCUT2D eigenvalue weighted by molar-refractivity contribution is 0.177. The van der Waals surface area contributed by atoms with E-state index in [4.69, 9.17) is 0 Å². The van der Waals surface area contributed by atoms with Crippen LogP contribution in [0.2, 0.25) is 0 Å². The maximum atomic E-state index is 2.69. The molecule has 0 N–H and O–H groups in total. The number of piperidine rings is 1. The Kier molecular flexibility index (Phi) is 1.69. The molecule has 0 aromatic heterocycles. The van der Waals surface area contributed by atoms with Crippen molar-refractivity contribution >= 4 is 0 Å². The Balaban J connectivity index is 2.01. The zero-order valence-electron chi connectivity index (χ0n) is 6.84. The molecular weight excluding hydrogens is 122 g/mol. The number of hydrogen-bond donors (Lipinski definition) is 0. The SMILES string of the molecule is C[C@@H]1CCN2CCCC[C@H]12. The van der Waals surface area contributed by atoms with Gasteiger partial charge in [0.1, 0.15) is 0 Å². The third kappa shape index (κ3) is 0.968. The summed E-state index contributed by atoms with van der Waals surface area (Å²) in [7, 11) is 0. The second-order valence-electron chi connectivity index (χ2n) is 3.87. The van der Waals surface area contributed by atoms with Crippen molar-refractivity contribution in [3.05, 3.63) is 0 Å². The Morgan fingerprint density at radius 2 is 2.00 bits per heavy atom. The molecule has 2 heterocycles. The van der Waals surface area contributed by atoms with Crippen LogP contribution in [0.3, 0.4) is 0 Å². The quantitative estimate of drug-likeness (QED) is 0.495. The molecule has 0 spiro atoms. The van der Waals surface area contributed by atoms with E-state index in [9.17, 15) is 0 Å². The molecule has 10 heavy (non-hydrogen) atoms. The van der Waals surface area contributed by atoms with Gasteiger partial charge in [0.25, 0.3) is 0 Å². The van der Waals surface area contributed by atoms with Gasteiger partial charge >= 0.3 is 0 Å². The molecule has 2 atom stereocenters. The van der Waals surface area contributed by atoms with Gasteiger partial charge in [0.05, 0.1) is 0 Å². The fraction of sp³-hybridized carbons (Fsp3) is 1.00. The van der Waals surface area contributed by atoms with Crippen LogP contribution in [-0.2, 0) is 0 Å². The smallest absolute Gasteiger partial charge is 0.0121 e. The molecule has 0 amide bonds. The van der Waals surface area contributed by atoms with Crippen molar-refractivity contribution in [3.63, 3.8) is 0 Å². The highest BCUT2D eigenvalue weighted by Gasteiger charge is 2.32. The molecule has 0 aliphatic carbocycles. The maximum absolute atomic E-state index is 2.69. The summed E-state index contributed by atoms with van der Waals surface area (Å²) in [5.74, 6) is 0.986. The van der Waals surface area contributed by atoms with Crippen molar-refractivity contribution in [1.29, 1.82) is 0 Å². The van der Waals surface area contributed by atoms with Crippen LogP contribution in [0.15, 0.2) is 0 Å². The molecule has 2 aliphatic rings. The summed E-state index contributed by atoms with van der Waals surface area (Å²) in [4.78, 5) is 2.69. The van der Waals surface area contributed by atoms with E-state index in [-0.39, 0.29) is 0 Å². The number of nitrogens with zero attached hydrogens (tertiary/aromatic N) is 1. The zero-order chi connectivity index (χ0) is 6.97. The normalized spacial score (nSPS) is 41.7. The van der Waals surface area contributed by atoms with Crippen LogP contribution in [0.4, 0.5) is 0 Å². The Morgan fingerprint density at radius 3 is 2.80 bits per heavy atom. The lowest BCUT2D eigenvalue weighted by Gasteiger charge is -2.31. The first-order valence-corrected chi connectivity index (χ1v) is 4.62. The highest BCUT2D eigenvalue weighted by Crippen LogP contribution is 2.30. The summed E-state index contributed by atoms with van der Waals surface area (Å²) in [5, 5.41) is 0. The van der Waals surface area contributed by atoms with Crippen LogP contribution in [0.5, 0.6) is 0 Å². The molecule has 2 aliphatic heterocycles. The van der Waals surface area contributed by atoms with Crippen molar-refractivity contribution in [2.24, 2.45) is 5.92 Å². The molecule has 2 fully saturated rings. The molecule has 2 saturated heterocycles. The molecule has 0 saturated carbocycles. The molecule has 2 rings (SSSR count). The van der Waals surface area contributed by atoms with E-state index in [1.54, 1.807) is 0 Å². The van der Waals surface area contributed by atoms with Crippen LogP contribution in [0.25, 0.3) is 0 Å². The van der Waals surface area contributed by atoms with E-state index in [2.05, 4.69) is 11.8 Å². The van der Waals surface area contributed by atoms with E-state index in [0.717, 1.165) is 12.0 Å². The van der Waals surface area contributed by atoms with Crippen molar-refractivity contribution in [2.45, 2.75) is 38.6 Å². The largest absolute Gasteiger partial charge is 0.300 e. The van der Waals surface area contributed by atoms with Crippen molar-refractivity contribution in [1.82, 2.24) is 4.90 Å². The average molecular weight is 139 g/mol. The number of fused-ring (bicyclic) bond motifs is 1. The predicted molar refractivity (Wildman–Crippen MR) is 43.0 cm³/mol. The van der Waals surface area contributed by atoms with Crippen molar-refractivity contribution < 1.29 is 0 Å². The first kappa shape index (κ1) is 6.66. The molecule has 1 nitrogen and oxygen atoms in total. The van der Waals surface area contributed by atoms with Crippen LogP contribution in [0.1, 0.15) is 32.6 Å². The Hall–Kier alpha value is -0.0400. The fourth-order valence-electron chi connectivity index (χ4n) is 2.50. The van der Waals surface area contributed by atoms with Gasteiger partial charge in [-0.2, -0.15) is 0 Å². The third-order valence-corrected chi connectivity index (χ3v) is 3.19. The molecule has 0 aromatic carbocycles. The van der Waals surface area contributed by atoms with Crippen LogP contribution >= 0.6 is 0 Å². The van der Waals surface area contributed by atoms with Crippen molar-refractivity contribution in [3.8, 4) is 0 Å². The van der Waals surface area contributed by atoms with E-state index in [0.29, 0.717) is 0 Å². The van der Waals surface area contributed by atoms with Gasteiger partial charge in [-0.3, -0.25) is 0 Å². The number of rotatable bonds is 0. The van der Waals surface area contributed by atoms with Gasteiger partial charge in [0.2, 0.25) is 0 Å². The van der Waals surface area contributed by atoms with E-state index >= 15 is 0 Å². The topological polar surface area (TPSA) is 3.24 Å².